The fraction of sp³-hybridized carbons (Fsp3) is 0.286. The second kappa shape index (κ2) is 10.5. The Morgan fingerprint density at radius 3 is 2.65 bits per heavy atom. The second-order valence-corrected chi connectivity index (χ2v) is 10.0. The smallest absolute Gasteiger partial charge is 0.340 e. The lowest BCUT2D eigenvalue weighted by Gasteiger charge is -2.21. The van der Waals surface area contributed by atoms with E-state index in [0.717, 1.165) is 24.5 Å². The molecule has 12 nitrogen and oxygen atoms in total. The van der Waals surface area contributed by atoms with Gasteiger partial charge in [-0.15, -0.1) is 0 Å². The Bertz CT molecular complexity index is 1570. The number of amidine groups is 1. The molecule has 0 unspecified atom stereocenters. The van der Waals surface area contributed by atoms with Crippen molar-refractivity contribution in [3.8, 4) is 35.3 Å². The highest BCUT2D eigenvalue weighted by atomic mass is 16.6. The zero-order chi connectivity index (χ0) is 28.4. The minimum atomic E-state index is -0.767. The van der Waals surface area contributed by atoms with Crippen molar-refractivity contribution in [2.24, 2.45) is 4.99 Å². The summed E-state index contributed by atoms with van der Waals surface area (Å²) in [6, 6.07) is 13.5. The molecule has 0 atom stereocenters. The van der Waals surface area contributed by atoms with Gasteiger partial charge in [-0.1, -0.05) is 12.1 Å². The van der Waals surface area contributed by atoms with Crippen molar-refractivity contribution < 1.29 is 28.5 Å². The van der Waals surface area contributed by atoms with Gasteiger partial charge in [0.2, 0.25) is 5.88 Å². The molecule has 3 heterocycles. The third kappa shape index (κ3) is 5.78. The summed E-state index contributed by atoms with van der Waals surface area (Å²) in [7, 11) is 1.97. The summed E-state index contributed by atoms with van der Waals surface area (Å²) in [6.07, 6.45) is 0. The summed E-state index contributed by atoms with van der Waals surface area (Å²) in [6.45, 7) is 6.49. The summed E-state index contributed by atoms with van der Waals surface area (Å²) in [5.74, 6) is 0.345. The quantitative estimate of drug-likeness (QED) is 0.454. The van der Waals surface area contributed by atoms with Gasteiger partial charge in [0.25, 0.3) is 11.8 Å². The highest BCUT2D eigenvalue weighted by molar-refractivity contribution is 6.00. The molecule has 0 fully saturated rings. The van der Waals surface area contributed by atoms with E-state index in [2.05, 4.69) is 25.2 Å². The van der Waals surface area contributed by atoms with Crippen LogP contribution in [-0.4, -0.2) is 64.9 Å². The van der Waals surface area contributed by atoms with Crippen molar-refractivity contribution in [1.82, 2.24) is 14.9 Å². The third-order valence-corrected chi connectivity index (χ3v) is 5.73. The van der Waals surface area contributed by atoms with E-state index in [1.807, 2.05) is 31.3 Å². The van der Waals surface area contributed by atoms with Crippen LogP contribution in [0.15, 0.2) is 47.5 Å². The molecule has 0 saturated carbocycles. The van der Waals surface area contributed by atoms with Crippen molar-refractivity contribution in [3.63, 3.8) is 0 Å². The highest BCUT2D eigenvalue weighted by Crippen LogP contribution is 2.39. The molecule has 2 aliphatic heterocycles. The number of ether oxygens (including phenoxy) is 4. The zero-order valence-corrected chi connectivity index (χ0v) is 22.3. The number of nitrogens with zero attached hydrogens (tertiary/aromatic N) is 5. The number of hydrogen-bond acceptors (Lipinski definition) is 11. The van der Waals surface area contributed by atoms with E-state index in [0.29, 0.717) is 5.75 Å². The molecule has 0 radical (unpaired) electrons. The topological polar surface area (TPSA) is 148 Å². The molecule has 0 bridgehead atoms. The Balaban J connectivity index is 1.48. The van der Waals surface area contributed by atoms with Crippen LogP contribution in [0.25, 0.3) is 0 Å². The van der Waals surface area contributed by atoms with E-state index in [4.69, 9.17) is 18.9 Å². The number of fused-ring (bicyclic) bond motifs is 1. The van der Waals surface area contributed by atoms with E-state index in [1.165, 1.54) is 18.2 Å². The number of anilines is 1. The highest BCUT2D eigenvalue weighted by Gasteiger charge is 2.27. The van der Waals surface area contributed by atoms with Gasteiger partial charge in [-0.2, -0.15) is 15.2 Å². The third-order valence-electron chi connectivity index (χ3n) is 5.73. The summed E-state index contributed by atoms with van der Waals surface area (Å²) in [4.78, 5) is 40.1. The van der Waals surface area contributed by atoms with Crippen LogP contribution in [-0.2, 0) is 9.53 Å². The van der Waals surface area contributed by atoms with Crippen LogP contribution in [0.1, 0.15) is 42.3 Å². The van der Waals surface area contributed by atoms with Crippen LogP contribution >= 0.6 is 0 Å². The van der Waals surface area contributed by atoms with E-state index >= 15 is 0 Å². The maximum Gasteiger partial charge on any atom is 0.340 e. The Morgan fingerprint density at radius 2 is 1.93 bits per heavy atom. The first kappa shape index (κ1) is 26.4. The molecule has 204 valence electrons. The molecule has 3 aromatic rings. The molecule has 40 heavy (non-hydrogen) atoms. The number of amides is 1. The Kier molecular flexibility index (Phi) is 6.96. The molecule has 1 amide bonds. The van der Waals surface area contributed by atoms with Crippen molar-refractivity contribution in [2.75, 3.05) is 32.1 Å². The number of aromatic nitrogens is 2. The van der Waals surface area contributed by atoms with Gasteiger partial charge in [0.1, 0.15) is 29.0 Å². The average Bonchev–Trinajstić information content (AvgIpc) is 3.34. The van der Waals surface area contributed by atoms with Gasteiger partial charge in [-0.05, 0) is 51.1 Å². The van der Waals surface area contributed by atoms with Gasteiger partial charge in [0, 0.05) is 19.2 Å². The van der Waals surface area contributed by atoms with Gasteiger partial charge in [0.15, 0.2) is 12.3 Å². The Morgan fingerprint density at radius 1 is 1.12 bits per heavy atom. The van der Waals surface area contributed by atoms with Crippen molar-refractivity contribution >= 4 is 23.4 Å². The number of benzene rings is 2. The lowest BCUT2D eigenvalue weighted by atomic mass is 10.1. The fourth-order valence-electron chi connectivity index (χ4n) is 3.99. The van der Waals surface area contributed by atoms with Crippen LogP contribution < -0.4 is 19.5 Å². The molecule has 1 aromatic heterocycles. The minimum Gasteiger partial charge on any atom is -0.466 e. The number of carbonyl (C=O) groups excluding carboxylic acids is 2. The van der Waals surface area contributed by atoms with E-state index in [9.17, 15) is 14.9 Å². The van der Waals surface area contributed by atoms with E-state index in [1.54, 1.807) is 26.8 Å². The summed E-state index contributed by atoms with van der Waals surface area (Å²) in [5, 5.41) is 12.2. The number of likely N-dealkylation sites (N-methyl/N-ethyl adjacent to an activating group) is 1. The number of hydrogen-bond donors (Lipinski definition) is 1. The van der Waals surface area contributed by atoms with Crippen LogP contribution in [0.4, 0.5) is 5.69 Å². The van der Waals surface area contributed by atoms with Gasteiger partial charge in [0.05, 0.1) is 17.7 Å². The first-order valence-corrected chi connectivity index (χ1v) is 12.4. The number of carbonyl (C=O) groups is 2. The van der Waals surface area contributed by atoms with Gasteiger partial charge in [-0.3, -0.25) is 9.79 Å². The van der Waals surface area contributed by atoms with Crippen molar-refractivity contribution in [3.05, 3.63) is 59.2 Å². The average molecular weight is 543 g/mol. The molecule has 2 aliphatic rings. The number of aliphatic imine (C=N–C) groups is 1. The maximum atomic E-state index is 12.8. The molecule has 0 aliphatic carbocycles. The molecular weight excluding hydrogens is 516 g/mol. The van der Waals surface area contributed by atoms with E-state index in [-0.39, 0.29) is 46.9 Å². The second-order valence-electron chi connectivity index (χ2n) is 10.0. The standard InChI is InChI=1S/C28H26N6O6/c1-28(2,3)40-26(36)20-13-19(9-8-17(20)14-29)38-25-22-24(37-15-21(35)31-22)32-27(33-25)39-18-7-5-6-16(12-18)23-30-10-11-34(23)4/h5-9,12-13H,10-11,15H2,1-4H3,(H,31,35). The number of nitriles is 1. The lowest BCUT2D eigenvalue weighted by molar-refractivity contribution is -0.118. The summed E-state index contributed by atoms with van der Waals surface area (Å²) < 4.78 is 22.9. The lowest BCUT2D eigenvalue weighted by Crippen LogP contribution is -2.26. The normalized spacial score (nSPS) is 14.3. The fourth-order valence-corrected chi connectivity index (χ4v) is 3.99. The summed E-state index contributed by atoms with van der Waals surface area (Å²) in [5.41, 5.74) is 0.345. The largest absolute Gasteiger partial charge is 0.466 e. The van der Waals surface area contributed by atoms with E-state index < -0.39 is 17.5 Å². The monoisotopic (exact) mass is 542 g/mol. The molecular formula is C28H26N6O6. The van der Waals surface area contributed by atoms with Crippen molar-refractivity contribution in [1.29, 1.82) is 5.26 Å². The molecule has 0 spiro atoms. The first-order valence-electron chi connectivity index (χ1n) is 12.4. The van der Waals surface area contributed by atoms with Gasteiger partial charge < -0.3 is 29.2 Å². The van der Waals surface area contributed by atoms with Crippen molar-refractivity contribution in [2.45, 2.75) is 26.4 Å². The molecule has 5 rings (SSSR count). The van der Waals surface area contributed by atoms with Crippen LogP contribution in [0.3, 0.4) is 0 Å². The first-order chi connectivity index (χ1) is 19.1. The molecule has 12 heteroatoms. The van der Waals surface area contributed by atoms with Crippen LogP contribution in [0, 0.1) is 11.3 Å². The SMILES string of the molecule is CN1CCN=C1c1cccc(Oc2nc3c(c(Oc4ccc(C#N)c(C(=O)OC(C)(C)C)c4)n2)NC(=O)CO3)c1. The predicted octanol–water partition coefficient (Wildman–Crippen LogP) is 3.91. The Labute approximate surface area is 230 Å². The van der Waals surface area contributed by atoms with Gasteiger partial charge >= 0.3 is 12.0 Å². The molecule has 2 aromatic carbocycles. The summed E-state index contributed by atoms with van der Waals surface area (Å²) >= 11 is 0. The van der Waals surface area contributed by atoms with Crippen LogP contribution in [0.5, 0.6) is 29.3 Å². The van der Waals surface area contributed by atoms with Gasteiger partial charge in [-0.25, -0.2) is 4.79 Å². The minimum absolute atomic E-state index is 0.0196. The number of rotatable bonds is 6. The number of esters is 1. The van der Waals surface area contributed by atoms with Crippen LogP contribution in [0.2, 0.25) is 0 Å². The molecule has 1 N–H and O–H groups in total. The zero-order valence-electron chi connectivity index (χ0n) is 22.3. The Hall–Kier alpha value is -5.18. The maximum absolute atomic E-state index is 12.8. The predicted molar refractivity (Wildman–Crippen MR) is 143 cm³/mol. The molecule has 0 saturated heterocycles. The number of nitrogens with one attached hydrogen (secondary N) is 1.